The van der Waals surface area contributed by atoms with Crippen LogP contribution in [0.15, 0.2) is 0 Å². The van der Waals surface area contributed by atoms with Gasteiger partial charge in [0.15, 0.2) is 5.11 Å². The van der Waals surface area contributed by atoms with Crippen molar-refractivity contribution in [3.8, 4) is 0 Å². The Morgan fingerprint density at radius 2 is 2.25 bits per heavy atom. The zero-order chi connectivity index (χ0) is 12.0. The summed E-state index contributed by atoms with van der Waals surface area (Å²) in [5.74, 6) is -0.144. The van der Waals surface area contributed by atoms with Crippen LogP contribution in [0.5, 0.6) is 0 Å². The summed E-state index contributed by atoms with van der Waals surface area (Å²) in [6.07, 6.45) is 2.41. The van der Waals surface area contributed by atoms with Gasteiger partial charge in [-0.2, -0.15) is 0 Å². The van der Waals surface area contributed by atoms with Crippen molar-refractivity contribution in [2.24, 2.45) is 5.92 Å². The van der Waals surface area contributed by atoms with E-state index >= 15 is 0 Å². The van der Waals surface area contributed by atoms with Crippen LogP contribution in [0.4, 0.5) is 0 Å². The molecule has 1 atom stereocenters. The second-order valence-electron chi connectivity index (χ2n) is 4.11. The van der Waals surface area contributed by atoms with Gasteiger partial charge < -0.3 is 10.1 Å². The van der Waals surface area contributed by atoms with Crippen LogP contribution < -0.4 is 16.2 Å². The van der Waals surface area contributed by atoms with Gasteiger partial charge in [0.2, 0.25) is 5.91 Å². The van der Waals surface area contributed by atoms with Gasteiger partial charge in [0.25, 0.3) is 0 Å². The van der Waals surface area contributed by atoms with E-state index in [0.29, 0.717) is 11.7 Å². The van der Waals surface area contributed by atoms with E-state index in [1.807, 2.05) is 13.8 Å². The Morgan fingerprint density at radius 3 is 2.81 bits per heavy atom. The highest BCUT2D eigenvalue weighted by Crippen LogP contribution is 2.10. The van der Waals surface area contributed by atoms with Crippen molar-refractivity contribution in [3.63, 3.8) is 0 Å². The summed E-state index contributed by atoms with van der Waals surface area (Å²) < 4.78 is 5.43. The molecule has 1 rings (SSSR count). The standard InChI is InChI=1S/C10H19N3O2S/c1-7(2)9(14)12-13-10(16)11-6-8-4-3-5-15-8/h7-8H,3-6H2,1-2H3,(H,12,14)(H2,11,13,16)/t8-/m0/s1. The van der Waals surface area contributed by atoms with Gasteiger partial charge in [-0.3, -0.25) is 15.6 Å². The summed E-state index contributed by atoms with van der Waals surface area (Å²) in [6, 6.07) is 0. The zero-order valence-corrected chi connectivity index (χ0v) is 10.5. The molecule has 0 bridgehead atoms. The fourth-order valence-electron chi connectivity index (χ4n) is 1.32. The first-order chi connectivity index (χ1) is 7.59. The number of nitrogens with one attached hydrogen (secondary N) is 3. The van der Waals surface area contributed by atoms with Crippen LogP contribution in [0, 0.1) is 5.92 Å². The summed E-state index contributed by atoms with van der Waals surface area (Å²) in [4.78, 5) is 11.2. The number of carbonyl (C=O) groups is 1. The number of hydrazine groups is 1. The third-order valence-corrected chi connectivity index (χ3v) is 2.58. The van der Waals surface area contributed by atoms with Crippen molar-refractivity contribution in [3.05, 3.63) is 0 Å². The van der Waals surface area contributed by atoms with Crippen LogP contribution in [0.2, 0.25) is 0 Å². The van der Waals surface area contributed by atoms with E-state index in [4.69, 9.17) is 17.0 Å². The van der Waals surface area contributed by atoms with Crippen molar-refractivity contribution in [1.29, 1.82) is 0 Å². The fraction of sp³-hybridized carbons (Fsp3) is 0.800. The van der Waals surface area contributed by atoms with Gasteiger partial charge in [-0.25, -0.2) is 0 Å². The molecule has 1 aliphatic rings. The minimum absolute atomic E-state index is 0.0616. The molecule has 0 saturated carbocycles. The minimum Gasteiger partial charge on any atom is -0.376 e. The maximum Gasteiger partial charge on any atom is 0.240 e. The number of hydrogen-bond donors (Lipinski definition) is 3. The average Bonchev–Trinajstić information content (AvgIpc) is 2.75. The first-order valence-electron chi connectivity index (χ1n) is 5.55. The lowest BCUT2D eigenvalue weighted by Gasteiger charge is -2.15. The monoisotopic (exact) mass is 245 g/mol. The molecule has 0 aromatic heterocycles. The molecule has 0 radical (unpaired) electrons. The molecule has 3 N–H and O–H groups in total. The molecule has 0 aromatic rings. The van der Waals surface area contributed by atoms with Crippen LogP contribution in [-0.2, 0) is 9.53 Å². The summed E-state index contributed by atoms with van der Waals surface area (Å²) in [5.41, 5.74) is 5.18. The first kappa shape index (κ1) is 13.2. The predicted octanol–water partition coefficient (Wildman–Crippen LogP) is 0.317. The molecular weight excluding hydrogens is 226 g/mol. The molecule has 0 spiro atoms. The molecule has 1 saturated heterocycles. The predicted molar refractivity (Wildman–Crippen MR) is 65.7 cm³/mol. The molecule has 1 amide bonds. The van der Waals surface area contributed by atoms with Crippen molar-refractivity contribution in [2.75, 3.05) is 13.2 Å². The maximum absolute atomic E-state index is 11.2. The average molecular weight is 245 g/mol. The number of hydrogen-bond acceptors (Lipinski definition) is 3. The first-order valence-corrected chi connectivity index (χ1v) is 5.95. The molecule has 92 valence electrons. The number of thiocarbonyl (C=S) groups is 1. The Labute approximate surface area is 101 Å². The molecule has 16 heavy (non-hydrogen) atoms. The fourth-order valence-corrected chi connectivity index (χ4v) is 1.45. The molecular formula is C10H19N3O2S. The van der Waals surface area contributed by atoms with Gasteiger partial charge in [-0.15, -0.1) is 0 Å². The van der Waals surface area contributed by atoms with Gasteiger partial charge in [0, 0.05) is 19.1 Å². The largest absolute Gasteiger partial charge is 0.376 e. The van der Waals surface area contributed by atoms with Gasteiger partial charge in [-0.05, 0) is 25.1 Å². The highest BCUT2D eigenvalue weighted by Gasteiger charge is 2.15. The highest BCUT2D eigenvalue weighted by atomic mass is 32.1. The maximum atomic E-state index is 11.2. The normalized spacial score (nSPS) is 19.6. The molecule has 1 aliphatic heterocycles. The van der Waals surface area contributed by atoms with E-state index < -0.39 is 0 Å². The van der Waals surface area contributed by atoms with E-state index in [2.05, 4.69) is 16.2 Å². The number of ether oxygens (including phenoxy) is 1. The van der Waals surface area contributed by atoms with Gasteiger partial charge >= 0.3 is 0 Å². The third-order valence-electron chi connectivity index (χ3n) is 2.34. The Hall–Kier alpha value is -0.880. The van der Waals surface area contributed by atoms with E-state index in [1.54, 1.807) is 0 Å². The summed E-state index contributed by atoms with van der Waals surface area (Å²) in [5, 5.41) is 3.42. The minimum atomic E-state index is -0.0822. The smallest absolute Gasteiger partial charge is 0.240 e. The van der Waals surface area contributed by atoms with E-state index in [9.17, 15) is 4.79 Å². The molecule has 0 unspecified atom stereocenters. The van der Waals surface area contributed by atoms with Crippen molar-refractivity contribution < 1.29 is 9.53 Å². The quantitative estimate of drug-likeness (QED) is 0.494. The molecule has 6 heteroatoms. The van der Waals surface area contributed by atoms with E-state index in [0.717, 1.165) is 19.4 Å². The Kier molecular flexibility index (Phi) is 5.48. The molecule has 1 heterocycles. The van der Waals surface area contributed by atoms with Gasteiger partial charge in [-0.1, -0.05) is 13.8 Å². The number of carbonyl (C=O) groups excluding carboxylic acids is 1. The van der Waals surface area contributed by atoms with Crippen molar-refractivity contribution in [2.45, 2.75) is 32.8 Å². The molecule has 0 aliphatic carbocycles. The second-order valence-corrected chi connectivity index (χ2v) is 4.52. The topological polar surface area (TPSA) is 62.4 Å². The summed E-state index contributed by atoms with van der Waals surface area (Å²) in [7, 11) is 0. The lowest BCUT2D eigenvalue weighted by Crippen LogP contribution is -2.49. The van der Waals surface area contributed by atoms with Crippen LogP contribution >= 0.6 is 12.2 Å². The van der Waals surface area contributed by atoms with Gasteiger partial charge in [0.1, 0.15) is 0 Å². The molecule has 5 nitrogen and oxygen atoms in total. The van der Waals surface area contributed by atoms with E-state index in [1.165, 1.54) is 0 Å². The second kappa shape index (κ2) is 6.65. The van der Waals surface area contributed by atoms with Crippen LogP contribution in [0.1, 0.15) is 26.7 Å². The van der Waals surface area contributed by atoms with E-state index in [-0.39, 0.29) is 17.9 Å². The van der Waals surface area contributed by atoms with Gasteiger partial charge in [0.05, 0.1) is 6.10 Å². The molecule has 1 fully saturated rings. The zero-order valence-electron chi connectivity index (χ0n) is 9.71. The van der Waals surface area contributed by atoms with Crippen LogP contribution in [0.3, 0.4) is 0 Å². The summed E-state index contributed by atoms with van der Waals surface area (Å²) in [6.45, 7) is 5.15. The Bertz CT molecular complexity index is 252. The Balaban J connectivity index is 2.08. The lowest BCUT2D eigenvalue weighted by atomic mass is 10.2. The lowest BCUT2D eigenvalue weighted by molar-refractivity contribution is -0.124. The Morgan fingerprint density at radius 1 is 1.50 bits per heavy atom. The van der Waals surface area contributed by atoms with Crippen LogP contribution in [0.25, 0.3) is 0 Å². The SMILES string of the molecule is CC(C)C(=O)NNC(=S)NC[C@@H]1CCCO1. The van der Waals surface area contributed by atoms with Crippen LogP contribution in [-0.4, -0.2) is 30.3 Å². The number of amides is 1. The third kappa shape index (κ3) is 4.76. The van der Waals surface area contributed by atoms with Crippen molar-refractivity contribution in [1.82, 2.24) is 16.2 Å². The van der Waals surface area contributed by atoms with Crippen molar-refractivity contribution >= 4 is 23.2 Å². The summed E-state index contributed by atoms with van der Waals surface area (Å²) >= 11 is 5.00. The highest BCUT2D eigenvalue weighted by molar-refractivity contribution is 7.80. The molecule has 0 aromatic carbocycles. The number of rotatable bonds is 3.